The van der Waals surface area contributed by atoms with Crippen molar-refractivity contribution in [3.63, 3.8) is 0 Å². The third kappa shape index (κ3) is 2.08. The predicted octanol–water partition coefficient (Wildman–Crippen LogP) is 3.62. The summed E-state index contributed by atoms with van der Waals surface area (Å²) in [5.74, 6) is -4.87. The van der Waals surface area contributed by atoms with Gasteiger partial charge in [0.2, 0.25) is 0 Å². The van der Waals surface area contributed by atoms with Gasteiger partial charge in [-0.15, -0.1) is 0 Å². The van der Waals surface area contributed by atoms with E-state index in [9.17, 15) is 22.7 Å². The van der Waals surface area contributed by atoms with Gasteiger partial charge in [-0.1, -0.05) is 0 Å². The van der Waals surface area contributed by atoms with Crippen LogP contribution in [0.4, 0.5) is 17.6 Å². The quantitative estimate of drug-likeness (QED) is 0.598. The Kier molecular flexibility index (Phi) is 2.75. The summed E-state index contributed by atoms with van der Waals surface area (Å²) in [6, 6.07) is 3.80. The van der Waals surface area contributed by atoms with E-state index in [4.69, 9.17) is 0 Å². The van der Waals surface area contributed by atoms with Crippen LogP contribution in [-0.2, 0) is 0 Å². The highest BCUT2D eigenvalue weighted by molar-refractivity contribution is 5.70. The summed E-state index contributed by atoms with van der Waals surface area (Å²) in [6.45, 7) is 0. The SMILES string of the molecule is Oc1cc(F)ccc1-c1cc(F)c(F)cc1F. The molecule has 0 amide bonds. The number of phenols is 1. The van der Waals surface area contributed by atoms with Crippen LogP contribution in [0.15, 0.2) is 30.3 Å². The van der Waals surface area contributed by atoms with Crippen molar-refractivity contribution in [3.8, 4) is 16.9 Å². The summed E-state index contributed by atoms with van der Waals surface area (Å²) in [4.78, 5) is 0. The molecule has 0 bridgehead atoms. The second-order valence-electron chi connectivity index (χ2n) is 3.41. The van der Waals surface area contributed by atoms with Crippen LogP contribution in [0.2, 0.25) is 0 Å². The molecule has 0 fully saturated rings. The topological polar surface area (TPSA) is 20.2 Å². The number of rotatable bonds is 1. The second-order valence-corrected chi connectivity index (χ2v) is 3.41. The first-order valence-corrected chi connectivity index (χ1v) is 4.62. The van der Waals surface area contributed by atoms with E-state index in [0.29, 0.717) is 12.1 Å². The van der Waals surface area contributed by atoms with E-state index in [1.807, 2.05) is 0 Å². The molecule has 0 radical (unpaired) electrons. The number of phenolic OH excluding ortho intramolecular Hbond substituents is 1. The van der Waals surface area contributed by atoms with Gasteiger partial charge in [0.15, 0.2) is 11.6 Å². The molecule has 88 valence electrons. The van der Waals surface area contributed by atoms with Gasteiger partial charge in [-0.25, -0.2) is 17.6 Å². The van der Waals surface area contributed by atoms with E-state index in [1.165, 1.54) is 0 Å². The normalized spacial score (nSPS) is 10.6. The maximum absolute atomic E-state index is 13.4. The molecule has 1 nitrogen and oxygen atoms in total. The molecule has 1 N–H and O–H groups in total. The van der Waals surface area contributed by atoms with Crippen molar-refractivity contribution in [2.75, 3.05) is 0 Å². The highest BCUT2D eigenvalue weighted by Gasteiger charge is 2.14. The van der Waals surface area contributed by atoms with Crippen molar-refractivity contribution < 1.29 is 22.7 Å². The zero-order chi connectivity index (χ0) is 12.6. The number of hydrogen-bond donors (Lipinski definition) is 1. The zero-order valence-electron chi connectivity index (χ0n) is 8.35. The lowest BCUT2D eigenvalue weighted by Crippen LogP contribution is -1.92. The Morgan fingerprint density at radius 2 is 1.35 bits per heavy atom. The smallest absolute Gasteiger partial charge is 0.161 e. The molecule has 2 rings (SSSR count). The first-order chi connectivity index (χ1) is 7.99. The first kappa shape index (κ1) is 11.4. The van der Waals surface area contributed by atoms with Gasteiger partial charge in [-0.2, -0.15) is 0 Å². The van der Waals surface area contributed by atoms with Crippen LogP contribution >= 0.6 is 0 Å². The van der Waals surface area contributed by atoms with Gasteiger partial charge in [-0.3, -0.25) is 0 Å². The highest BCUT2D eigenvalue weighted by atomic mass is 19.2. The predicted molar refractivity (Wildman–Crippen MR) is 53.4 cm³/mol. The third-order valence-electron chi connectivity index (χ3n) is 2.26. The van der Waals surface area contributed by atoms with E-state index in [1.54, 1.807) is 0 Å². The van der Waals surface area contributed by atoms with E-state index in [0.717, 1.165) is 18.2 Å². The van der Waals surface area contributed by atoms with Crippen LogP contribution in [0.25, 0.3) is 11.1 Å². The molecule has 0 saturated heterocycles. The van der Waals surface area contributed by atoms with Crippen molar-refractivity contribution in [1.29, 1.82) is 0 Å². The molecule has 2 aromatic rings. The minimum Gasteiger partial charge on any atom is -0.507 e. The van der Waals surface area contributed by atoms with Crippen LogP contribution in [0.1, 0.15) is 0 Å². The highest BCUT2D eigenvalue weighted by Crippen LogP contribution is 2.32. The first-order valence-electron chi connectivity index (χ1n) is 4.62. The van der Waals surface area contributed by atoms with Gasteiger partial charge in [0.25, 0.3) is 0 Å². The minimum atomic E-state index is -1.33. The fourth-order valence-corrected chi connectivity index (χ4v) is 1.46. The molecule has 5 heteroatoms. The molecule has 0 unspecified atom stereocenters. The molecule has 0 heterocycles. The Balaban J connectivity index is 2.64. The van der Waals surface area contributed by atoms with Crippen molar-refractivity contribution in [1.82, 2.24) is 0 Å². The maximum Gasteiger partial charge on any atom is 0.161 e. The van der Waals surface area contributed by atoms with Crippen LogP contribution < -0.4 is 0 Å². The molecular weight excluding hydrogens is 236 g/mol. The largest absolute Gasteiger partial charge is 0.507 e. The molecule has 0 aliphatic carbocycles. The zero-order valence-corrected chi connectivity index (χ0v) is 8.35. The summed E-state index contributed by atoms with van der Waals surface area (Å²) in [7, 11) is 0. The molecule has 0 spiro atoms. The number of aromatic hydroxyl groups is 1. The monoisotopic (exact) mass is 242 g/mol. The van der Waals surface area contributed by atoms with Crippen LogP contribution in [-0.4, -0.2) is 5.11 Å². The lowest BCUT2D eigenvalue weighted by molar-refractivity contribution is 0.469. The van der Waals surface area contributed by atoms with Gasteiger partial charge >= 0.3 is 0 Å². The standard InChI is InChI=1S/C12H6F4O/c13-6-1-2-7(12(17)3-6)8-4-10(15)11(16)5-9(8)14/h1-5,17H. The molecular formula is C12H6F4O. The molecule has 0 aromatic heterocycles. The Labute approximate surface area is 93.9 Å². The van der Waals surface area contributed by atoms with E-state index < -0.39 is 29.0 Å². The summed E-state index contributed by atoms with van der Waals surface area (Å²) < 4.78 is 51.8. The minimum absolute atomic E-state index is 0.109. The summed E-state index contributed by atoms with van der Waals surface area (Å²) >= 11 is 0. The Morgan fingerprint density at radius 3 is 2.00 bits per heavy atom. The van der Waals surface area contributed by atoms with Gasteiger partial charge in [0.05, 0.1) is 0 Å². The molecule has 17 heavy (non-hydrogen) atoms. The molecule has 0 aliphatic heterocycles. The van der Waals surface area contributed by atoms with Crippen molar-refractivity contribution in [2.24, 2.45) is 0 Å². The maximum atomic E-state index is 13.4. The molecule has 0 saturated carbocycles. The lowest BCUT2D eigenvalue weighted by atomic mass is 10.0. The van der Waals surface area contributed by atoms with Gasteiger partial charge < -0.3 is 5.11 Å². The van der Waals surface area contributed by atoms with Gasteiger partial charge in [-0.05, 0) is 18.2 Å². The van der Waals surface area contributed by atoms with Crippen molar-refractivity contribution in [3.05, 3.63) is 53.6 Å². The van der Waals surface area contributed by atoms with Crippen LogP contribution in [0.5, 0.6) is 5.75 Å². The fourth-order valence-electron chi connectivity index (χ4n) is 1.46. The average molecular weight is 242 g/mol. The number of halogens is 4. The second kappa shape index (κ2) is 4.08. The van der Waals surface area contributed by atoms with E-state index in [2.05, 4.69) is 0 Å². The average Bonchev–Trinajstić information content (AvgIpc) is 2.24. The Hall–Kier alpha value is -2.04. The Morgan fingerprint density at radius 1 is 0.706 bits per heavy atom. The van der Waals surface area contributed by atoms with Crippen LogP contribution in [0.3, 0.4) is 0 Å². The summed E-state index contributed by atoms with van der Waals surface area (Å²) in [5.41, 5.74) is -0.441. The third-order valence-corrected chi connectivity index (χ3v) is 2.26. The van der Waals surface area contributed by atoms with Crippen molar-refractivity contribution in [2.45, 2.75) is 0 Å². The van der Waals surface area contributed by atoms with Gasteiger partial charge in [0, 0.05) is 23.3 Å². The summed E-state index contributed by atoms with van der Waals surface area (Å²) in [6.07, 6.45) is 0. The summed E-state index contributed by atoms with van der Waals surface area (Å²) in [5, 5.41) is 9.41. The fraction of sp³-hybridized carbons (Fsp3) is 0. The van der Waals surface area contributed by atoms with Gasteiger partial charge in [0.1, 0.15) is 17.4 Å². The number of benzene rings is 2. The van der Waals surface area contributed by atoms with Crippen LogP contribution in [0, 0.1) is 23.3 Å². The molecule has 2 aromatic carbocycles. The van der Waals surface area contributed by atoms with E-state index in [-0.39, 0.29) is 11.1 Å². The Bertz CT molecular complexity index is 581. The lowest BCUT2D eigenvalue weighted by Gasteiger charge is -2.06. The van der Waals surface area contributed by atoms with Crippen molar-refractivity contribution >= 4 is 0 Å². The number of hydrogen-bond acceptors (Lipinski definition) is 1. The molecule has 0 aliphatic rings. The molecule has 0 atom stereocenters. The van der Waals surface area contributed by atoms with E-state index >= 15 is 0 Å².